The normalized spacial score (nSPS) is 12.5. The third-order valence-electron chi connectivity index (χ3n) is 3.02. The molecule has 0 aliphatic heterocycles. The van der Waals surface area contributed by atoms with Gasteiger partial charge in [-0.25, -0.2) is 14.4 Å². The molecule has 1 atom stereocenters. The standard InChI is InChI=1S/C14H11BrFN3OS/c1-7(20-11-2-8(15)5-18-14(11)17)10-3-9(16)4-12-13(10)19-6-21-12/h2-7H,1H3,(H2,17,18)/t7-/m0/s1. The second-order valence-electron chi connectivity index (χ2n) is 4.49. The van der Waals surface area contributed by atoms with Gasteiger partial charge in [-0.1, -0.05) is 0 Å². The van der Waals surface area contributed by atoms with E-state index < -0.39 is 6.10 Å². The summed E-state index contributed by atoms with van der Waals surface area (Å²) in [7, 11) is 0. The number of ether oxygens (including phenoxy) is 1. The quantitative estimate of drug-likeness (QED) is 0.748. The molecule has 2 N–H and O–H groups in total. The summed E-state index contributed by atoms with van der Waals surface area (Å²) in [5, 5.41) is 0. The molecule has 0 amide bonds. The molecule has 0 fully saturated rings. The molecule has 2 aromatic heterocycles. The number of nitrogen functional groups attached to an aromatic ring is 1. The van der Waals surface area contributed by atoms with Crippen molar-refractivity contribution in [3.05, 3.63) is 45.8 Å². The van der Waals surface area contributed by atoms with Gasteiger partial charge in [0.05, 0.1) is 15.7 Å². The van der Waals surface area contributed by atoms with Gasteiger partial charge in [-0.05, 0) is 41.1 Å². The van der Waals surface area contributed by atoms with Gasteiger partial charge in [-0.15, -0.1) is 11.3 Å². The van der Waals surface area contributed by atoms with E-state index in [0.29, 0.717) is 11.3 Å². The van der Waals surface area contributed by atoms with Gasteiger partial charge in [0, 0.05) is 16.2 Å². The zero-order valence-corrected chi connectivity index (χ0v) is 13.4. The fourth-order valence-corrected chi connectivity index (χ4v) is 3.09. The highest BCUT2D eigenvalue weighted by Crippen LogP contribution is 2.32. The molecular weight excluding hydrogens is 357 g/mol. The van der Waals surface area contributed by atoms with Gasteiger partial charge in [0.15, 0.2) is 11.6 Å². The molecule has 0 saturated heterocycles. The Morgan fingerprint density at radius 2 is 2.14 bits per heavy atom. The van der Waals surface area contributed by atoms with E-state index >= 15 is 0 Å². The second-order valence-corrected chi connectivity index (χ2v) is 6.29. The predicted molar refractivity (Wildman–Crippen MR) is 85.0 cm³/mol. The highest BCUT2D eigenvalue weighted by molar-refractivity contribution is 9.10. The van der Waals surface area contributed by atoms with Gasteiger partial charge in [-0.3, -0.25) is 0 Å². The van der Waals surface area contributed by atoms with Crippen molar-refractivity contribution < 1.29 is 9.13 Å². The largest absolute Gasteiger partial charge is 0.482 e. The molecule has 21 heavy (non-hydrogen) atoms. The van der Waals surface area contributed by atoms with Crippen LogP contribution in [0.1, 0.15) is 18.6 Å². The van der Waals surface area contributed by atoms with E-state index in [1.807, 2.05) is 6.92 Å². The Balaban J connectivity index is 1.99. The van der Waals surface area contributed by atoms with Crippen LogP contribution in [0.3, 0.4) is 0 Å². The van der Waals surface area contributed by atoms with Crippen molar-refractivity contribution in [2.45, 2.75) is 13.0 Å². The smallest absolute Gasteiger partial charge is 0.166 e. The van der Waals surface area contributed by atoms with Crippen LogP contribution in [0.4, 0.5) is 10.2 Å². The van der Waals surface area contributed by atoms with Gasteiger partial charge in [0.25, 0.3) is 0 Å². The summed E-state index contributed by atoms with van der Waals surface area (Å²) in [6.45, 7) is 1.83. The number of nitrogens with zero attached hydrogens (tertiary/aromatic N) is 2. The van der Waals surface area contributed by atoms with Crippen molar-refractivity contribution in [3.63, 3.8) is 0 Å². The number of benzene rings is 1. The van der Waals surface area contributed by atoms with Gasteiger partial charge in [-0.2, -0.15) is 0 Å². The molecule has 1 aromatic carbocycles. The third-order valence-corrected chi connectivity index (χ3v) is 4.23. The molecule has 0 spiro atoms. The van der Waals surface area contributed by atoms with Crippen LogP contribution < -0.4 is 10.5 Å². The number of pyridine rings is 1. The maximum atomic E-state index is 13.7. The maximum absolute atomic E-state index is 13.7. The molecule has 4 nitrogen and oxygen atoms in total. The Kier molecular flexibility index (Phi) is 3.77. The Hall–Kier alpha value is -1.73. The number of thiazole rings is 1. The minimum absolute atomic E-state index is 0.288. The molecule has 0 aliphatic rings. The van der Waals surface area contributed by atoms with Crippen LogP contribution in [0, 0.1) is 5.82 Å². The number of halogens is 2. The molecule has 7 heteroatoms. The number of anilines is 1. The number of hydrogen-bond donors (Lipinski definition) is 1. The van der Waals surface area contributed by atoms with Crippen molar-refractivity contribution in [3.8, 4) is 5.75 Å². The lowest BCUT2D eigenvalue weighted by atomic mass is 10.1. The Morgan fingerprint density at radius 1 is 1.33 bits per heavy atom. The summed E-state index contributed by atoms with van der Waals surface area (Å²) in [6, 6.07) is 4.64. The van der Waals surface area contributed by atoms with Crippen molar-refractivity contribution in [2.24, 2.45) is 0 Å². The summed E-state index contributed by atoms with van der Waals surface area (Å²) < 4.78 is 21.1. The molecule has 0 unspecified atom stereocenters. The van der Waals surface area contributed by atoms with Crippen LogP contribution in [0.15, 0.2) is 34.4 Å². The first-order valence-electron chi connectivity index (χ1n) is 6.15. The lowest BCUT2D eigenvalue weighted by Crippen LogP contribution is -2.07. The lowest BCUT2D eigenvalue weighted by molar-refractivity contribution is 0.228. The van der Waals surface area contributed by atoms with Gasteiger partial charge < -0.3 is 10.5 Å². The summed E-state index contributed by atoms with van der Waals surface area (Å²) in [5.41, 5.74) is 8.92. The van der Waals surface area contributed by atoms with Crippen LogP contribution in [0.5, 0.6) is 5.75 Å². The summed E-state index contributed by atoms with van der Waals surface area (Å²) in [5.74, 6) is 0.429. The topological polar surface area (TPSA) is 61.0 Å². The van der Waals surface area contributed by atoms with Crippen LogP contribution >= 0.6 is 27.3 Å². The van der Waals surface area contributed by atoms with Gasteiger partial charge >= 0.3 is 0 Å². The van der Waals surface area contributed by atoms with Crippen molar-refractivity contribution in [2.75, 3.05) is 5.73 Å². The number of nitrogens with two attached hydrogens (primary N) is 1. The highest BCUT2D eigenvalue weighted by Gasteiger charge is 2.16. The van der Waals surface area contributed by atoms with Crippen molar-refractivity contribution >= 4 is 43.3 Å². The first-order chi connectivity index (χ1) is 10.0. The lowest BCUT2D eigenvalue weighted by Gasteiger charge is -2.16. The van der Waals surface area contributed by atoms with Crippen molar-refractivity contribution in [1.82, 2.24) is 9.97 Å². The van der Waals surface area contributed by atoms with E-state index in [9.17, 15) is 4.39 Å². The van der Waals surface area contributed by atoms with E-state index in [1.165, 1.54) is 23.5 Å². The predicted octanol–water partition coefficient (Wildman–Crippen LogP) is 4.32. The highest BCUT2D eigenvalue weighted by atomic mass is 79.9. The van der Waals surface area contributed by atoms with Crippen LogP contribution in [0.2, 0.25) is 0 Å². The molecule has 0 aliphatic carbocycles. The fourth-order valence-electron chi connectivity index (χ4n) is 2.05. The first kappa shape index (κ1) is 14.2. The molecular formula is C14H11BrFN3OS. The van der Waals surface area contributed by atoms with E-state index in [-0.39, 0.29) is 11.6 Å². The summed E-state index contributed by atoms with van der Waals surface area (Å²) >= 11 is 4.71. The molecule has 3 rings (SSSR count). The Bertz CT molecular complexity index is 808. The van der Waals surface area contributed by atoms with Crippen LogP contribution in [-0.4, -0.2) is 9.97 Å². The van der Waals surface area contributed by atoms with Crippen molar-refractivity contribution in [1.29, 1.82) is 0 Å². The van der Waals surface area contributed by atoms with E-state index in [0.717, 1.165) is 14.7 Å². The van der Waals surface area contributed by atoms with E-state index in [2.05, 4.69) is 25.9 Å². The van der Waals surface area contributed by atoms with Gasteiger partial charge in [0.1, 0.15) is 11.9 Å². The van der Waals surface area contributed by atoms with Gasteiger partial charge in [0.2, 0.25) is 0 Å². The maximum Gasteiger partial charge on any atom is 0.166 e. The second kappa shape index (κ2) is 5.57. The monoisotopic (exact) mass is 367 g/mol. The zero-order chi connectivity index (χ0) is 15.0. The SMILES string of the molecule is C[C@H](Oc1cc(Br)cnc1N)c1cc(F)cc2scnc12. The molecule has 0 bridgehead atoms. The molecule has 3 aromatic rings. The summed E-state index contributed by atoms with van der Waals surface area (Å²) in [6.07, 6.45) is 1.19. The Labute approximate surface area is 132 Å². The van der Waals surface area contributed by atoms with Crippen LogP contribution in [0.25, 0.3) is 10.2 Å². The molecule has 0 saturated carbocycles. The number of fused-ring (bicyclic) bond motifs is 1. The van der Waals surface area contributed by atoms with E-state index in [1.54, 1.807) is 17.8 Å². The number of hydrogen-bond acceptors (Lipinski definition) is 5. The molecule has 0 radical (unpaired) electrons. The average Bonchev–Trinajstić information content (AvgIpc) is 2.89. The fraction of sp³-hybridized carbons (Fsp3) is 0.143. The molecule has 108 valence electrons. The van der Waals surface area contributed by atoms with E-state index in [4.69, 9.17) is 10.5 Å². The zero-order valence-electron chi connectivity index (χ0n) is 11.0. The average molecular weight is 368 g/mol. The minimum atomic E-state index is -0.399. The number of aromatic nitrogens is 2. The summed E-state index contributed by atoms with van der Waals surface area (Å²) in [4.78, 5) is 8.29. The van der Waals surface area contributed by atoms with Crippen LogP contribution in [-0.2, 0) is 0 Å². The Morgan fingerprint density at radius 3 is 2.95 bits per heavy atom. The first-order valence-corrected chi connectivity index (χ1v) is 7.82. The molecule has 2 heterocycles. The minimum Gasteiger partial charge on any atom is -0.482 e. The number of rotatable bonds is 3. The third kappa shape index (κ3) is 2.84.